The molecule has 20 heavy (non-hydrogen) atoms. The van der Waals surface area contributed by atoms with E-state index in [1.807, 2.05) is 6.92 Å². The van der Waals surface area contributed by atoms with Gasteiger partial charge < -0.3 is 10.2 Å². The van der Waals surface area contributed by atoms with Crippen molar-refractivity contribution in [1.82, 2.24) is 9.88 Å². The number of hydrogen-bond acceptors (Lipinski definition) is 3. The summed E-state index contributed by atoms with van der Waals surface area (Å²) in [5.74, 6) is 0.544. The third-order valence-corrected chi connectivity index (χ3v) is 3.70. The van der Waals surface area contributed by atoms with E-state index >= 15 is 0 Å². The van der Waals surface area contributed by atoms with Crippen molar-refractivity contribution in [1.29, 1.82) is 0 Å². The molecule has 2 heterocycles. The number of halogens is 1. The fourth-order valence-corrected chi connectivity index (χ4v) is 2.37. The van der Waals surface area contributed by atoms with Crippen LogP contribution >= 0.6 is 0 Å². The first-order chi connectivity index (χ1) is 9.61. The predicted molar refractivity (Wildman–Crippen MR) is 77.3 cm³/mol. The van der Waals surface area contributed by atoms with Gasteiger partial charge in [0.1, 0.15) is 11.6 Å². The topological polar surface area (TPSA) is 45.2 Å². The first-order valence-electron chi connectivity index (χ1n) is 7.30. The lowest BCUT2D eigenvalue weighted by molar-refractivity contribution is 0.0697. The molecule has 2 rings (SSSR count). The van der Waals surface area contributed by atoms with E-state index in [1.165, 1.54) is 6.07 Å². The summed E-state index contributed by atoms with van der Waals surface area (Å²) in [5, 5.41) is 3.09. The smallest absolute Gasteiger partial charge is 0.257 e. The third-order valence-electron chi connectivity index (χ3n) is 3.70. The summed E-state index contributed by atoms with van der Waals surface area (Å²) in [5.41, 5.74) is 0.341. The zero-order valence-electron chi connectivity index (χ0n) is 12.2. The fourth-order valence-electron chi connectivity index (χ4n) is 2.37. The Morgan fingerprint density at radius 1 is 1.50 bits per heavy atom. The summed E-state index contributed by atoms with van der Waals surface area (Å²) in [6, 6.07) is 1.28. The van der Waals surface area contributed by atoms with Gasteiger partial charge in [0.15, 0.2) is 0 Å². The average molecular weight is 279 g/mol. The number of aromatic nitrogens is 1. The van der Waals surface area contributed by atoms with Gasteiger partial charge in [-0.3, -0.25) is 4.79 Å². The van der Waals surface area contributed by atoms with Crippen molar-refractivity contribution in [2.24, 2.45) is 5.92 Å². The molecule has 0 aromatic carbocycles. The van der Waals surface area contributed by atoms with E-state index < -0.39 is 5.82 Å². The zero-order valence-corrected chi connectivity index (χ0v) is 12.2. The molecule has 0 radical (unpaired) electrons. The Labute approximate surface area is 119 Å². The van der Waals surface area contributed by atoms with E-state index in [-0.39, 0.29) is 5.91 Å². The van der Waals surface area contributed by atoms with Gasteiger partial charge in [0.25, 0.3) is 5.91 Å². The van der Waals surface area contributed by atoms with Crippen LogP contribution in [0.4, 0.5) is 10.2 Å². The van der Waals surface area contributed by atoms with Crippen molar-refractivity contribution in [3.8, 4) is 0 Å². The number of pyridine rings is 1. The van der Waals surface area contributed by atoms with Crippen LogP contribution in [-0.2, 0) is 0 Å². The molecule has 0 unspecified atom stereocenters. The van der Waals surface area contributed by atoms with Gasteiger partial charge in [-0.25, -0.2) is 9.37 Å². The third kappa shape index (κ3) is 3.46. The van der Waals surface area contributed by atoms with E-state index in [1.54, 1.807) is 4.90 Å². The van der Waals surface area contributed by atoms with E-state index in [0.717, 1.165) is 45.1 Å². The number of amides is 1. The molecule has 1 amide bonds. The molecule has 1 aromatic rings. The molecule has 110 valence electrons. The molecule has 1 aliphatic heterocycles. The number of carbonyl (C=O) groups excluding carboxylic acids is 1. The van der Waals surface area contributed by atoms with E-state index in [0.29, 0.717) is 17.3 Å². The molecular weight excluding hydrogens is 257 g/mol. The first-order valence-corrected chi connectivity index (χ1v) is 7.30. The molecule has 0 spiro atoms. The van der Waals surface area contributed by atoms with Crippen molar-refractivity contribution < 1.29 is 9.18 Å². The van der Waals surface area contributed by atoms with Gasteiger partial charge >= 0.3 is 0 Å². The minimum atomic E-state index is -0.472. The van der Waals surface area contributed by atoms with E-state index in [2.05, 4.69) is 17.2 Å². The van der Waals surface area contributed by atoms with Gasteiger partial charge in [-0.2, -0.15) is 0 Å². The molecule has 0 atom stereocenters. The van der Waals surface area contributed by atoms with Crippen LogP contribution in [0.25, 0.3) is 0 Å². The second kappa shape index (κ2) is 6.68. The highest BCUT2D eigenvalue weighted by molar-refractivity contribution is 5.98. The number of anilines is 1. The summed E-state index contributed by atoms with van der Waals surface area (Å²) in [6.07, 6.45) is 4.08. The molecule has 5 heteroatoms. The largest absolute Gasteiger partial charge is 0.369 e. The Bertz CT molecular complexity index is 470. The first kappa shape index (κ1) is 14.8. The van der Waals surface area contributed by atoms with Crippen LogP contribution < -0.4 is 5.32 Å². The number of likely N-dealkylation sites (tertiary alicyclic amines) is 1. The van der Waals surface area contributed by atoms with Crippen LogP contribution in [0.2, 0.25) is 0 Å². The Kier molecular flexibility index (Phi) is 4.93. The Morgan fingerprint density at radius 2 is 2.20 bits per heavy atom. The summed E-state index contributed by atoms with van der Waals surface area (Å²) >= 11 is 0. The maximum absolute atomic E-state index is 13.4. The van der Waals surface area contributed by atoms with Crippen molar-refractivity contribution in [2.75, 3.05) is 25.0 Å². The molecular formula is C15H22FN3O. The lowest BCUT2D eigenvalue weighted by Crippen LogP contribution is -2.38. The lowest BCUT2D eigenvalue weighted by Gasteiger charge is -2.30. The number of piperidine rings is 1. The summed E-state index contributed by atoms with van der Waals surface area (Å²) in [4.78, 5) is 18.3. The van der Waals surface area contributed by atoms with Crippen LogP contribution in [0.5, 0.6) is 0 Å². The molecule has 0 bridgehead atoms. The number of nitrogens with zero attached hydrogens (tertiary/aromatic N) is 2. The summed E-state index contributed by atoms with van der Waals surface area (Å²) in [7, 11) is 0. The van der Waals surface area contributed by atoms with Crippen LogP contribution in [0.15, 0.2) is 12.3 Å². The van der Waals surface area contributed by atoms with Crippen LogP contribution in [0.1, 0.15) is 43.5 Å². The second-order valence-corrected chi connectivity index (χ2v) is 5.45. The lowest BCUT2D eigenvalue weighted by atomic mass is 9.98. The number of nitrogens with one attached hydrogen (secondary N) is 1. The molecule has 1 aliphatic rings. The van der Waals surface area contributed by atoms with Crippen molar-refractivity contribution >= 4 is 11.7 Å². The molecule has 4 nitrogen and oxygen atoms in total. The zero-order chi connectivity index (χ0) is 14.5. The second-order valence-electron chi connectivity index (χ2n) is 5.45. The maximum atomic E-state index is 13.4. The van der Waals surface area contributed by atoms with Crippen molar-refractivity contribution in [3.05, 3.63) is 23.6 Å². The highest BCUT2D eigenvalue weighted by atomic mass is 19.1. The van der Waals surface area contributed by atoms with Gasteiger partial charge in [-0.15, -0.1) is 0 Å². The standard InChI is InChI=1S/C15H22FN3O/c1-3-6-17-14-13(9-12(16)10-18-14)15(20)19-7-4-11(2)5-8-19/h9-11H,3-8H2,1-2H3,(H,17,18). The normalized spacial score (nSPS) is 16.2. The van der Waals surface area contributed by atoms with Crippen molar-refractivity contribution in [3.63, 3.8) is 0 Å². The molecule has 1 fully saturated rings. The van der Waals surface area contributed by atoms with E-state index in [4.69, 9.17) is 0 Å². The Morgan fingerprint density at radius 3 is 2.85 bits per heavy atom. The summed E-state index contributed by atoms with van der Waals surface area (Å²) < 4.78 is 13.4. The number of hydrogen-bond donors (Lipinski definition) is 1. The molecule has 1 aromatic heterocycles. The predicted octanol–water partition coefficient (Wildman–Crippen LogP) is 2.91. The van der Waals surface area contributed by atoms with E-state index in [9.17, 15) is 9.18 Å². The van der Waals surface area contributed by atoms with Gasteiger partial charge in [0.2, 0.25) is 0 Å². The van der Waals surface area contributed by atoms with Gasteiger partial charge in [-0.1, -0.05) is 13.8 Å². The van der Waals surface area contributed by atoms with Crippen molar-refractivity contribution in [2.45, 2.75) is 33.1 Å². The molecule has 1 saturated heterocycles. The minimum absolute atomic E-state index is 0.123. The average Bonchev–Trinajstić information content (AvgIpc) is 2.46. The minimum Gasteiger partial charge on any atom is -0.369 e. The van der Waals surface area contributed by atoms with Gasteiger partial charge in [0.05, 0.1) is 11.8 Å². The van der Waals surface area contributed by atoms with Crippen LogP contribution in [-0.4, -0.2) is 35.4 Å². The monoisotopic (exact) mass is 279 g/mol. The van der Waals surface area contributed by atoms with Crippen LogP contribution in [0.3, 0.4) is 0 Å². The quantitative estimate of drug-likeness (QED) is 0.921. The van der Waals surface area contributed by atoms with Gasteiger partial charge in [-0.05, 0) is 31.2 Å². The number of carbonyl (C=O) groups is 1. The SMILES string of the molecule is CCCNc1ncc(F)cc1C(=O)N1CCC(C)CC1. The fraction of sp³-hybridized carbons (Fsp3) is 0.600. The maximum Gasteiger partial charge on any atom is 0.257 e. The van der Waals surface area contributed by atoms with Gasteiger partial charge in [0, 0.05) is 19.6 Å². The highest BCUT2D eigenvalue weighted by Crippen LogP contribution is 2.21. The van der Waals surface area contributed by atoms with Crippen LogP contribution in [0, 0.1) is 11.7 Å². The molecule has 0 saturated carbocycles. The number of rotatable bonds is 4. The molecule has 1 N–H and O–H groups in total. The highest BCUT2D eigenvalue weighted by Gasteiger charge is 2.24. The summed E-state index contributed by atoms with van der Waals surface area (Å²) in [6.45, 7) is 6.42. The Balaban J connectivity index is 2.17. The Hall–Kier alpha value is -1.65. The molecule has 0 aliphatic carbocycles.